The molecule has 1 atom stereocenters. The quantitative estimate of drug-likeness (QED) is 0.208. The summed E-state index contributed by atoms with van der Waals surface area (Å²) in [6.07, 6.45) is -3.56. The predicted molar refractivity (Wildman–Crippen MR) is 158 cm³/mol. The zero-order valence-electron chi connectivity index (χ0n) is 24.5. The van der Waals surface area contributed by atoms with Crippen LogP contribution in [0.4, 0.5) is 17.6 Å². The van der Waals surface area contributed by atoms with Gasteiger partial charge in [-0.15, -0.1) is 0 Å². The van der Waals surface area contributed by atoms with Gasteiger partial charge in [0.15, 0.2) is 11.6 Å². The van der Waals surface area contributed by atoms with Crippen molar-refractivity contribution in [1.29, 1.82) is 0 Å². The average Bonchev–Trinajstić information content (AvgIpc) is 3.57. The van der Waals surface area contributed by atoms with Crippen LogP contribution < -0.4 is 10.5 Å². The third kappa shape index (κ3) is 5.87. The van der Waals surface area contributed by atoms with Gasteiger partial charge < -0.3 is 14.0 Å². The van der Waals surface area contributed by atoms with Crippen LogP contribution in [0.5, 0.6) is 5.88 Å². The second-order valence-electron chi connectivity index (χ2n) is 11.4. The van der Waals surface area contributed by atoms with Crippen molar-refractivity contribution in [1.82, 2.24) is 29.6 Å². The van der Waals surface area contributed by atoms with Crippen LogP contribution in [0.25, 0.3) is 22.4 Å². The lowest BCUT2D eigenvalue weighted by atomic mass is 10.0. The van der Waals surface area contributed by atoms with Crippen LogP contribution in [0.15, 0.2) is 45.7 Å². The molecular formula is C31H27ClF4N6O4. The van der Waals surface area contributed by atoms with E-state index in [-0.39, 0.29) is 42.7 Å². The number of nitrogens with zero attached hydrogens (tertiary/aromatic N) is 5. The van der Waals surface area contributed by atoms with E-state index in [2.05, 4.69) is 24.6 Å². The van der Waals surface area contributed by atoms with Gasteiger partial charge in [0.2, 0.25) is 5.88 Å². The summed E-state index contributed by atoms with van der Waals surface area (Å²) >= 11 is 6.28. The van der Waals surface area contributed by atoms with Crippen LogP contribution >= 0.6 is 11.6 Å². The number of H-pyrrole nitrogens is 1. The van der Waals surface area contributed by atoms with Gasteiger partial charge in [0.1, 0.15) is 23.5 Å². The van der Waals surface area contributed by atoms with E-state index in [4.69, 9.17) is 21.1 Å². The molecule has 0 saturated carbocycles. The first-order valence-electron chi connectivity index (χ1n) is 14.6. The highest BCUT2D eigenvalue weighted by molar-refractivity contribution is 6.31. The molecule has 0 amide bonds. The maximum Gasteiger partial charge on any atom is 0.439 e. The van der Waals surface area contributed by atoms with Gasteiger partial charge in [0.25, 0.3) is 0 Å². The summed E-state index contributed by atoms with van der Waals surface area (Å²) in [6, 6.07) is 9.54. The smallest absolute Gasteiger partial charge is 0.439 e. The lowest BCUT2D eigenvalue weighted by Gasteiger charge is -2.30. The highest BCUT2D eigenvalue weighted by atomic mass is 35.5. The number of ether oxygens (including phenoxy) is 2. The SMILES string of the molecule is Cc1ccc(COc2nc3c(cc2C(F)(F)F)CCN(Cc2nc4c(F)c(-c5noc(=O)[nH]5)ccc4n2C[C@@H]2CCO2)C3)c(Cl)c1. The van der Waals surface area contributed by atoms with Gasteiger partial charge in [-0.3, -0.25) is 14.4 Å². The van der Waals surface area contributed by atoms with Gasteiger partial charge in [0.05, 0.1) is 36.0 Å². The number of alkyl halides is 3. The molecule has 2 aromatic carbocycles. The first-order chi connectivity index (χ1) is 22.0. The predicted octanol–water partition coefficient (Wildman–Crippen LogP) is 5.82. The van der Waals surface area contributed by atoms with Gasteiger partial charge in [-0.1, -0.05) is 28.9 Å². The number of nitrogens with one attached hydrogen (secondary N) is 1. The molecule has 5 aromatic rings. The minimum Gasteiger partial charge on any atom is -0.472 e. The molecule has 7 rings (SSSR count). The van der Waals surface area contributed by atoms with E-state index in [0.29, 0.717) is 59.3 Å². The first-order valence-corrected chi connectivity index (χ1v) is 15.0. The van der Waals surface area contributed by atoms with Crippen LogP contribution in [-0.2, 0) is 43.6 Å². The third-order valence-corrected chi connectivity index (χ3v) is 8.64. The topological polar surface area (TPSA) is 111 Å². The molecule has 1 fully saturated rings. The fourth-order valence-electron chi connectivity index (χ4n) is 5.75. The molecule has 46 heavy (non-hydrogen) atoms. The zero-order chi connectivity index (χ0) is 32.2. The number of hydrogen-bond donors (Lipinski definition) is 1. The molecule has 3 aromatic heterocycles. The van der Waals surface area contributed by atoms with E-state index in [9.17, 15) is 18.0 Å². The molecule has 2 aliphatic rings. The molecule has 5 heterocycles. The fourth-order valence-corrected chi connectivity index (χ4v) is 6.04. The van der Waals surface area contributed by atoms with Gasteiger partial charge in [0, 0.05) is 30.3 Å². The largest absolute Gasteiger partial charge is 0.472 e. The van der Waals surface area contributed by atoms with Crippen molar-refractivity contribution in [3.8, 4) is 17.3 Å². The van der Waals surface area contributed by atoms with Gasteiger partial charge in [-0.25, -0.2) is 19.2 Å². The summed E-state index contributed by atoms with van der Waals surface area (Å²) < 4.78 is 75.6. The Hall–Kier alpha value is -4.27. The Labute approximate surface area is 263 Å². The third-order valence-electron chi connectivity index (χ3n) is 8.28. The van der Waals surface area contributed by atoms with E-state index >= 15 is 4.39 Å². The van der Waals surface area contributed by atoms with Gasteiger partial charge in [-0.05, 0) is 55.2 Å². The van der Waals surface area contributed by atoms with E-state index in [1.807, 2.05) is 16.4 Å². The van der Waals surface area contributed by atoms with Crippen molar-refractivity contribution in [3.63, 3.8) is 0 Å². The monoisotopic (exact) mass is 658 g/mol. The number of aryl methyl sites for hydroxylation is 1. The Kier molecular flexibility index (Phi) is 7.81. The van der Waals surface area contributed by atoms with E-state index in [1.54, 1.807) is 24.3 Å². The minimum atomic E-state index is -4.66. The number of fused-ring (bicyclic) bond motifs is 2. The molecule has 0 spiro atoms. The summed E-state index contributed by atoms with van der Waals surface area (Å²) in [5.74, 6) is -1.49. The van der Waals surface area contributed by atoms with Crippen molar-refractivity contribution < 1.29 is 31.6 Å². The lowest BCUT2D eigenvalue weighted by molar-refractivity contribution is -0.139. The second kappa shape index (κ2) is 11.8. The number of imidazole rings is 1. The number of aromatic nitrogens is 5. The number of rotatable bonds is 8. The van der Waals surface area contributed by atoms with Crippen molar-refractivity contribution in [3.05, 3.63) is 91.6 Å². The molecule has 2 aliphatic heterocycles. The zero-order valence-corrected chi connectivity index (χ0v) is 25.2. The fraction of sp³-hybridized carbons (Fsp3) is 0.355. The molecule has 0 aliphatic carbocycles. The number of halogens is 5. The maximum absolute atomic E-state index is 15.7. The van der Waals surface area contributed by atoms with Crippen molar-refractivity contribution in [2.75, 3.05) is 13.2 Å². The summed E-state index contributed by atoms with van der Waals surface area (Å²) in [5, 5.41) is 3.99. The van der Waals surface area contributed by atoms with Crippen LogP contribution in [0.3, 0.4) is 0 Å². The van der Waals surface area contributed by atoms with Crippen LogP contribution in [-0.4, -0.2) is 48.8 Å². The number of benzene rings is 2. The normalized spacial score (nSPS) is 16.9. The molecule has 0 bridgehead atoms. The summed E-state index contributed by atoms with van der Waals surface area (Å²) in [4.78, 5) is 24.8. The standard InChI is InChI=1S/C31H27ClF4N6O4/c1-16-2-3-18(22(32)10-16)15-45-29-21(31(34,35)36)11-17-6-8-41(13-23(17)37-29)14-25-38-27-24(42(25)12-19-7-9-44-19)5-4-20(26(27)33)28-39-30(43)46-40-28/h2-5,10-11,19H,6-9,12-15H2,1H3,(H,39,40,43)/t19-/m0/s1. The molecule has 1 saturated heterocycles. The van der Waals surface area contributed by atoms with Crippen LogP contribution in [0.2, 0.25) is 5.02 Å². The molecule has 0 radical (unpaired) electrons. The summed E-state index contributed by atoms with van der Waals surface area (Å²) in [7, 11) is 0. The molecule has 10 nitrogen and oxygen atoms in total. The van der Waals surface area contributed by atoms with E-state index in [0.717, 1.165) is 18.1 Å². The maximum atomic E-state index is 15.7. The van der Waals surface area contributed by atoms with Crippen LogP contribution in [0, 0.1) is 12.7 Å². The van der Waals surface area contributed by atoms with Gasteiger partial charge >= 0.3 is 11.9 Å². The van der Waals surface area contributed by atoms with Crippen molar-refractivity contribution in [2.45, 2.75) is 58.3 Å². The first kappa shape index (κ1) is 30.4. The Bertz CT molecular complexity index is 2000. The molecular weight excluding hydrogens is 632 g/mol. The van der Waals surface area contributed by atoms with Crippen molar-refractivity contribution in [2.24, 2.45) is 0 Å². The number of pyridine rings is 1. The second-order valence-corrected chi connectivity index (χ2v) is 11.9. The summed E-state index contributed by atoms with van der Waals surface area (Å²) in [6.45, 7) is 3.70. The Morgan fingerprint density at radius 2 is 2.00 bits per heavy atom. The minimum absolute atomic E-state index is 0.0328. The Morgan fingerprint density at radius 1 is 1.17 bits per heavy atom. The van der Waals surface area contributed by atoms with Crippen LogP contribution in [0.1, 0.15) is 40.2 Å². The van der Waals surface area contributed by atoms with Crippen molar-refractivity contribution >= 4 is 22.6 Å². The molecule has 1 N–H and O–H groups in total. The molecule has 15 heteroatoms. The van der Waals surface area contributed by atoms with E-state index < -0.39 is 29.2 Å². The number of hydrogen-bond acceptors (Lipinski definition) is 8. The average molecular weight is 659 g/mol. The number of aromatic amines is 1. The summed E-state index contributed by atoms with van der Waals surface area (Å²) in [5.41, 5.74) is 2.12. The highest BCUT2D eigenvalue weighted by Gasteiger charge is 2.37. The van der Waals surface area contributed by atoms with E-state index in [1.165, 1.54) is 6.07 Å². The Morgan fingerprint density at radius 3 is 2.70 bits per heavy atom. The lowest BCUT2D eigenvalue weighted by Crippen LogP contribution is -2.34. The highest BCUT2D eigenvalue weighted by Crippen LogP contribution is 2.38. The Balaban J connectivity index is 1.18. The molecule has 240 valence electrons. The molecule has 0 unspecified atom stereocenters. The van der Waals surface area contributed by atoms with Gasteiger partial charge in [-0.2, -0.15) is 13.2 Å².